The van der Waals surface area contributed by atoms with Gasteiger partial charge in [-0.1, -0.05) is 18.2 Å². The van der Waals surface area contributed by atoms with Crippen molar-refractivity contribution in [1.82, 2.24) is 10.2 Å². The van der Waals surface area contributed by atoms with Crippen molar-refractivity contribution >= 4 is 6.03 Å². The number of benzene rings is 2. The molecule has 2 aromatic rings. The van der Waals surface area contributed by atoms with Crippen molar-refractivity contribution in [3.63, 3.8) is 0 Å². The molecule has 0 aromatic heterocycles. The smallest absolute Gasteiger partial charge is 0.318 e. The van der Waals surface area contributed by atoms with Gasteiger partial charge in [-0.05, 0) is 37.0 Å². The number of carbonyl (C=O) groups is 1. The van der Waals surface area contributed by atoms with Crippen molar-refractivity contribution < 1.29 is 18.7 Å². The molecule has 2 aliphatic rings. The average Bonchev–Trinajstić information content (AvgIpc) is 2.88. The molecule has 1 N–H and O–H groups in total. The van der Waals surface area contributed by atoms with Crippen molar-refractivity contribution in [2.75, 3.05) is 20.3 Å². The monoisotopic (exact) mass is 370 g/mol. The standard InChI is InChI=1S/C21H23FN2O3/c1-26-19-6-2-4-14-13-24(10-9-16(14)19)21(25)23-18-5-3-11-27-20-12-15(22)7-8-17(18)20/h2,4,6-8,12,18H,3,5,9-11,13H2,1H3,(H,23,25). The Morgan fingerprint density at radius 3 is 3.07 bits per heavy atom. The van der Waals surface area contributed by atoms with E-state index in [4.69, 9.17) is 9.47 Å². The highest BCUT2D eigenvalue weighted by atomic mass is 19.1. The van der Waals surface area contributed by atoms with Crippen LogP contribution in [0.4, 0.5) is 9.18 Å². The van der Waals surface area contributed by atoms with Gasteiger partial charge in [0.25, 0.3) is 0 Å². The lowest BCUT2D eigenvalue weighted by Gasteiger charge is -2.31. The van der Waals surface area contributed by atoms with Crippen LogP contribution in [0.2, 0.25) is 0 Å². The van der Waals surface area contributed by atoms with Gasteiger partial charge in [-0.3, -0.25) is 0 Å². The Morgan fingerprint density at radius 2 is 2.22 bits per heavy atom. The number of methoxy groups -OCH3 is 1. The maximum Gasteiger partial charge on any atom is 0.318 e. The Morgan fingerprint density at radius 1 is 1.33 bits per heavy atom. The van der Waals surface area contributed by atoms with E-state index in [1.165, 1.54) is 17.7 Å². The molecule has 0 fully saturated rings. The van der Waals surface area contributed by atoms with Gasteiger partial charge in [-0.2, -0.15) is 0 Å². The molecule has 0 radical (unpaired) electrons. The molecular formula is C21H23FN2O3. The molecule has 27 heavy (non-hydrogen) atoms. The quantitative estimate of drug-likeness (QED) is 0.874. The van der Waals surface area contributed by atoms with Gasteiger partial charge in [0.1, 0.15) is 17.3 Å². The highest BCUT2D eigenvalue weighted by Gasteiger charge is 2.27. The molecule has 0 saturated carbocycles. The van der Waals surface area contributed by atoms with E-state index in [1.54, 1.807) is 13.2 Å². The van der Waals surface area contributed by atoms with Crippen molar-refractivity contribution in [3.05, 3.63) is 58.9 Å². The van der Waals surface area contributed by atoms with E-state index in [2.05, 4.69) is 5.32 Å². The largest absolute Gasteiger partial charge is 0.496 e. The fraction of sp³-hybridized carbons (Fsp3) is 0.381. The van der Waals surface area contributed by atoms with Gasteiger partial charge in [0, 0.05) is 30.3 Å². The first-order chi connectivity index (χ1) is 13.2. The zero-order valence-corrected chi connectivity index (χ0v) is 15.3. The lowest BCUT2D eigenvalue weighted by molar-refractivity contribution is 0.187. The molecule has 0 spiro atoms. The summed E-state index contributed by atoms with van der Waals surface area (Å²) in [5.41, 5.74) is 3.12. The van der Waals surface area contributed by atoms with Crippen LogP contribution >= 0.6 is 0 Å². The van der Waals surface area contributed by atoms with Crippen molar-refractivity contribution in [1.29, 1.82) is 0 Å². The minimum Gasteiger partial charge on any atom is -0.496 e. The van der Waals surface area contributed by atoms with E-state index >= 15 is 0 Å². The van der Waals surface area contributed by atoms with Crippen LogP contribution in [0.15, 0.2) is 36.4 Å². The summed E-state index contributed by atoms with van der Waals surface area (Å²) in [6.45, 7) is 1.72. The third kappa shape index (κ3) is 3.56. The first kappa shape index (κ1) is 17.6. The fourth-order valence-corrected chi connectivity index (χ4v) is 3.88. The van der Waals surface area contributed by atoms with Gasteiger partial charge in [-0.25, -0.2) is 9.18 Å². The maximum absolute atomic E-state index is 13.5. The van der Waals surface area contributed by atoms with E-state index in [0.717, 1.165) is 36.1 Å². The molecule has 0 saturated heterocycles. The predicted molar refractivity (Wildman–Crippen MR) is 99.5 cm³/mol. The van der Waals surface area contributed by atoms with E-state index in [-0.39, 0.29) is 17.9 Å². The number of ether oxygens (including phenoxy) is 2. The molecule has 5 nitrogen and oxygen atoms in total. The Balaban J connectivity index is 1.50. The van der Waals surface area contributed by atoms with Crippen LogP contribution in [0.3, 0.4) is 0 Å². The number of rotatable bonds is 2. The number of hydrogen-bond acceptors (Lipinski definition) is 3. The Bertz CT molecular complexity index is 855. The lowest BCUT2D eigenvalue weighted by atomic mass is 9.98. The molecule has 2 aromatic carbocycles. The molecular weight excluding hydrogens is 347 g/mol. The van der Waals surface area contributed by atoms with Crippen LogP contribution in [0, 0.1) is 5.82 Å². The number of urea groups is 1. The number of fused-ring (bicyclic) bond motifs is 2. The summed E-state index contributed by atoms with van der Waals surface area (Å²) in [4.78, 5) is 14.7. The summed E-state index contributed by atoms with van der Waals surface area (Å²) in [5.74, 6) is 1.07. The normalized spacial score (nSPS) is 18.6. The Labute approximate surface area is 158 Å². The Kier molecular flexibility index (Phi) is 4.88. The predicted octanol–water partition coefficient (Wildman–Crippen LogP) is 3.82. The summed E-state index contributed by atoms with van der Waals surface area (Å²) in [5, 5.41) is 3.12. The first-order valence-electron chi connectivity index (χ1n) is 9.28. The SMILES string of the molecule is COc1cccc2c1CCN(C(=O)NC1CCCOc3cc(F)ccc31)C2. The second-order valence-corrected chi connectivity index (χ2v) is 6.94. The van der Waals surface area contributed by atoms with Crippen LogP contribution in [0.1, 0.15) is 35.6 Å². The fourth-order valence-electron chi connectivity index (χ4n) is 3.88. The van der Waals surface area contributed by atoms with E-state index in [0.29, 0.717) is 25.4 Å². The molecule has 6 heteroatoms. The molecule has 2 aliphatic heterocycles. The van der Waals surface area contributed by atoms with Crippen LogP contribution in [-0.2, 0) is 13.0 Å². The summed E-state index contributed by atoms with van der Waals surface area (Å²) >= 11 is 0. The maximum atomic E-state index is 13.5. The molecule has 0 aliphatic carbocycles. The number of amides is 2. The Hall–Kier alpha value is -2.76. The molecule has 1 atom stereocenters. The number of nitrogens with one attached hydrogen (secondary N) is 1. The number of halogens is 1. The molecule has 0 bridgehead atoms. The van der Waals surface area contributed by atoms with Crippen LogP contribution in [0.5, 0.6) is 11.5 Å². The molecule has 1 unspecified atom stereocenters. The molecule has 142 valence electrons. The molecule has 4 rings (SSSR count). The first-order valence-corrected chi connectivity index (χ1v) is 9.28. The van der Waals surface area contributed by atoms with Crippen LogP contribution in [-0.4, -0.2) is 31.2 Å². The second kappa shape index (κ2) is 7.47. The number of nitrogens with zero attached hydrogens (tertiary/aromatic N) is 1. The summed E-state index contributed by atoms with van der Waals surface area (Å²) in [6.07, 6.45) is 2.34. The van der Waals surface area contributed by atoms with E-state index < -0.39 is 0 Å². The molecule has 2 amide bonds. The average molecular weight is 370 g/mol. The van der Waals surface area contributed by atoms with E-state index in [9.17, 15) is 9.18 Å². The van der Waals surface area contributed by atoms with Gasteiger partial charge < -0.3 is 19.7 Å². The lowest BCUT2D eigenvalue weighted by Crippen LogP contribution is -2.44. The summed E-state index contributed by atoms with van der Waals surface area (Å²) in [6, 6.07) is 10.2. The minimum atomic E-state index is -0.331. The topological polar surface area (TPSA) is 50.8 Å². The zero-order valence-electron chi connectivity index (χ0n) is 15.3. The third-order valence-electron chi connectivity index (χ3n) is 5.27. The highest BCUT2D eigenvalue weighted by Crippen LogP contribution is 2.33. The van der Waals surface area contributed by atoms with Gasteiger partial charge in [0.05, 0.1) is 19.8 Å². The highest BCUT2D eigenvalue weighted by molar-refractivity contribution is 5.75. The molecule has 2 heterocycles. The van der Waals surface area contributed by atoms with Crippen molar-refractivity contribution in [2.24, 2.45) is 0 Å². The van der Waals surface area contributed by atoms with Gasteiger partial charge in [-0.15, -0.1) is 0 Å². The minimum absolute atomic E-state index is 0.106. The number of carbonyl (C=O) groups excluding carboxylic acids is 1. The van der Waals surface area contributed by atoms with Gasteiger partial charge in [0.15, 0.2) is 0 Å². The van der Waals surface area contributed by atoms with Crippen LogP contribution in [0.25, 0.3) is 0 Å². The summed E-state index contributed by atoms with van der Waals surface area (Å²) in [7, 11) is 1.67. The second-order valence-electron chi connectivity index (χ2n) is 6.94. The van der Waals surface area contributed by atoms with Crippen molar-refractivity contribution in [3.8, 4) is 11.5 Å². The zero-order chi connectivity index (χ0) is 18.8. The van der Waals surface area contributed by atoms with Gasteiger partial charge >= 0.3 is 6.03 Å². The van der Waals surface area contributed by atoms with Crippen LogP contribution < -0.4 is 14.8 Å². The third-order valence-corrected chi connectivity index (χ3v) is 5.27. The van der Waals surface area contributed by atoms with Crippen molar-refractivity contribution in [2.45, 2.75) is 31.8 Å². The summed E-state index contributed by atoms with van der Waals surface area (Å²) < 4.78 is 24.6. The van der Waals surface area contributed by atoms with Gasteiger partial charge in [0.2, 0.25) is 0 Å². The number of hydrogen-bond donors (Lipinski definition) is 1. The van der Waals surface area contributed by atoms with E-state index in [1.807, 2.05) is 23.1 Å².